The van der Waals surface area contributed by atoms with Crippen LogP contribution in [0.1, 0.15) is 38.2 Å². The minimum atomic E-state index is -0.326. The van der Waals surface area contributed by atoms with Crippen molar-refractivity contribution in [3.8, 4) is 0 Å². The molecule has 4 nitrogen and oxygen atoms in total. The standard InChI is InChI=1S/C20H24N2O2S/c1-11-7-19(23)24-18-10-15(5-6-16(11)18)22-20(25)21-12(2)17-9-13-3-4-14(17)8-13/h5-7,10,12-14,17H,3-4,8-9H2,1-2H3,(H2,21,22,25)/t12-,13+,14+,17+/m1/s1. The highest BCUT2D eigenvalue weighted by Gasteiger charge is 2.41. The Morgan fingerprint density at radius 3 is 2.84 bits per heavy atom. The van der Waals surface area contributed by atoms with Crippen LogP contribution in [-0.4, -0.2) is 11.2 Å². The molecule has 2 aromatic rings. The number of thiocarbonyl (C=S) groups is 1. The van der Waals surface area contributed by atoms with E-state index in [1.54, 1.807) is 0 Å². The van der Waals surface area contributed by atoms with Crippen LogP contribution in [0, 0.1) is 24.7 Å². The van der Waals surface area contributed by atoms with E-state index in [0.29, 0.717) is 16.7 Å². The fourth-order valence-corrected chi connectivity index (χ4v) is 5.09. The molecule has 1 aromatic carbocycles. The number of fused-ring (bicyclic) bond motifs is 3. The van der Waals surface area contributed by atoms with Crippen LogP contribution in [-0.2, 0) is 0 Å². The third-order valence-electron chi connectivity index (χ3n) is 6.00. The SMILES string of the molecule is Cc1cc(=O)oc2cc(NC(=S)N[C@H](C)[C@@H]3C[C@H]4CC[C@H]3C4)ccc12. The second-order valence-corrected chi connectivity index (χ2v) is 8.09. The van der Waals surface area contributed by atoms with Gasteiger partial charge in [-0.25, -0.2) is 4.79 Å². The first-order valence-corrected chi connectivity index (χ1v) is 9.52. The van der Waals surface area contributed by atoms with Crippen molar-refractivity contribution in [1.82, 2.24) is 5.32 Å². The Bertz CT molecular complexity index is 876. The molecule has 132 valence electrons. The molecule has 2 aliphatic carbocycles. The summed E-state index contributed by atoms with van der Waals surface area (Å²) in [4.78, 5) is 11.6. The summed E-state index contributed by atoms with van der Waals surface area (Å²) in [5.74, 6) is 2.54. The first-order chi connectivity index (χ1) is 12.0. The van der Waals surface area contributed by atoms with Gasteiger partial charge in [0, 0.05) is 29.2 Å². The van der Waals surface area contributed by atoms with E-state index in [1.165, 1.54) is 31.7 Å². The lowest BCUT2D eigenvalue weighted by Crippen LogP contribution is -2.42. The molecule has 0 aliphatic heterocycles. The topological polar surface area (TPSA) is 54.3 Å². The van der Waals surface area contributed by atoms with Crippen LogP contribution < -0.4 is 16.3 Å². The van der Waals surface area contributed by atoms with Crippen molar-refractivity contribution in [3.63, 3.8) is 0 Å². The van der Waals surface area contributed by atoms with Gasteiger partial charge in [0.2, 0.25) is 0 Å². The molecular formula is C20H24N2O2S. The Morgan fingerprint density at radius 1 is 1.28 bits per heavy atom. The molecule has 2 bridgehead atoms. The number of aryl methyl sites for hydroxylation is 1. The van der Waals surface area contributed by atoms with Crippen molar-refractivity contribution in [1.29, 1.82) is 0 Å². The number of rotatable bonds is 3. The zero-order valence-electron chi connectivity index (χ0n) is 14.7. The number of anilines is 1. The second-order valence-electron chi connectivity index (χ2n) is 7.69. The van der Waals surface area contributed by atoms with Crippen molar-refractivity contribution >= 4 is 34.0 Å². The zero-order chi connectivity index (χ0) is 17.6. The van der Waals surface area contributed by atoms with Gasteiger partial charge in [-0.15, -0.1) is 0 Å². The summed E-state index contributed by atoms with van der Waals surface area (Å²) in [6.07, 6.45) is 5.53. The molecule has 25 heavy (non-hydrogen) atoms. The summed E-state index contributed by atoms with van der Waals surface area (Å²) in [6, 6.07) is 7.65. The fourth-order valence-electron chi connectivity index (χ4n) is 4.79. The normalized spacial score (nSPS) is 25.9. The molecule has 0 unspecified atom stereocenters. The molecule has 2 saturated carbocycles. The summed E-state index contributed by atoms with van der Waals surface area (Å²) in [6.45, 7) is 4.15. The van der Waals surface area contributed by atoms with Gasteiger partial charge in [0.15, 0.2) is 5.11 Å². The van der Waals surface area contributed by atoms with Crippen LogP contribution in [0.5, 0.6) is 0 Å². The molecule has 0 spiro atoms. The molecular weight excluding hydrogens is 332 g/mol. The number of benzene rings is 1. The molecule has 0 amide bonds. The van der Waals surface area contributed by atoms with Gasteiger partial charge in [0.1, 0.15) is 5.58 Å². The molecule has 5 heteroatoms. The highest BCUT2D eigenvalue weighted by Crippen LogP contribution is 2.49. The fraction of sp³-hybridized carbons (Fsp3) is 0.500. The van der Waals surface area contributed by atoms with E-state index in [1.807, 2.05) is 25.1 Å². The van der Waals surface area contributed by atoms with E-state index in [2.05, 4.69) is 17.6 Å². The van der Waals surface area contributed by atoms with Crippen molar-refractivity contribution < 1.29 is 4.42 Å². The first-order valence-electron chi connectivity index (χ1n) is 9.11. The average Bonchev–Trinajstić information content (AvgIpc) is 3.17. The average molecular weight is 356 g/mol. The van der Waals surface area contributed by atoms with E-state index in [-0.39, 0.29) is 5.63 Å². The van der Waals surface area contributed by atoms with Crippen LogP contribution in [0.25, 0.3) is 11.0 Å². The van der Waals surface area contributed by atoms with Crippen molar-refractivity contribution in [2.45, 2.75) is 45.6 Å². The van der Waals surface area contributed by atoms with Gasteiger partial charge in [-0.1, -0.05) is 6.42 Å². The molecule has 2 aliphatic rings. The molecule has 4 atom stereocenters. The molecule has 2 fully saturated rings. The number of hydrogen-bond donors (Lipinski definition) is 2. The maximum absolute atomic E-state index is 11.6. The third-order valence-corrected chi connectivity index (χ3v) is 6.22. The van der Waals surface area contributed by atoms with Crippen LogP contribution in [0.4, 0.5) is 5.69 Å². The maximum Gasteiger partial charge on any atom is 0.336 e. The Balaban J connectivity index is 1.44. The Kier molecular flexibility index (Phi) is 4.28. The molecule has 2 N–H and O–H groups in total. The van der Waals surface area contributed by atoms with Crippen molar-refractivity contribution in [2.24, 2.45) is 17.8 Å². The summed E-state index contributed by atoms with van der Waals surface area (Å²) >= 11 is 5.49. The number of hydrogen-bond acceptors (Lipinski definition) is 3. The second kappa shape index (κ2) is 6.45. The van der Waals surface area contributed by atoms with E-state index in [9.17, 15) is 4.79 Å². The van der Waals surface area contributed by atoms with Gasteiger partial charge in [0.25, 0.3) is 0 Å². The quantitative estimate of drug-likeness (QED) is 0.637. The molecule has 1 heterocycles. The largest absolute Gasteiger partial charge is 0.423 e. The van der Waals surface area contributed by atoms with Gasteiger partial charge in [-0.2, -0.15) is 0 Å². The third kappa shape index (κ3) is 3.30. The minimum Gasteiger partial charge on any atom is -0.423 e. The van der Waals surface area contributed by atoms with Crippen LogP contribution in [0.2, 0.25) is 0 Å². The smallest absolute Gasteiger partial charge is 0.336 e. The maximum atomic E-state index is 11.6. The predicted octanol–water partition coefficient (Wildman–Crippen LogP) is 4.21. The van der Waals surface area contributed by atoms with E-state index < -0.39 is 0 Å². The summed E-state index contributed by atoms with van der Waals surface area (Å²) in [5, 5.41) is 8.26. The van der Waals surface area contributed by atoms with E-state index in [0.717, 1.165) is 34.4 Å². The monoisotopic (exact) mass is 356 g/mol. The van der Waals surface area contributed by atoms with Crippen molar-refractivity contribution in [2.75, 3.05) is 5.32 Å². The minimum absolute atomic E-state index is 0.326. The first kappa shape index (κ1) is 16.6. The molecule has 0 saturated heterocycles. The summed E-state index contributed by atoms with van der Waals surface area (Å²) < 4.78 is 5.30. The van der Waals surface area contributed by atoms with Crippen LogP contribution >= 0.6 is 12.2 Å². The molecule has 1 aromatic heterocycles. The lowest BCUT2D eigenvalue weighted by Gasteiger charge is -2.29. The Morgan fingerprint density at radius 2 is 2.12 bits per heavy atom. The summed E-state index contributed by atoms with van der Waals surface area (Å²) in [5.41, 5.74) is 2.01. The van der Waals surface area contributed by atoms with Gasteiger partial charge in [-0.05, 0) is 80.8 Å². The zero-order valence-corrected chi connectivity index (χ0v) is 15.5. The molecule has 0 radical (unpaired) electrons. The van der Waals surface area contributed by atoms with Crippen LogP contribution in [0.3, 0.4) is 0 Å². The van der Waals surface area contributed by atoms with Crippen molar-refractivity contribution in [3.05, 3.63) is 40.2 Å². The van der Waals surface area contributed by atoms with E-state index in [4.69, 9.17) is 16.6 Å². The lowest BCUT2D eigenvalue weighted by molar-refractivity contribution is 0.279. The van der Waals surface area contributed by atoms with Gasteiger partial charge >= 0.3 is 5.63 Å². The number of nitrogens with one attached hydrogen (secondary N) is 2. The highest BCUT2D eigenvalue weighted by molar-refractivity contribution is 7.80. The lowest BCUT2D eigenvalue weighted by atomic mass is 9.84. The van der Waals surface area contributed by atoms with E-state index >= 15 is 0 Å². The molecule has 4 rings (SSSR count). The predicted molar refractivity (Wildman–Crippen MR) is 105 cm³/mol. The van der Waals surface area contributed by atoms with Gasteiger partial charge in [0.05, 0.1) is 0 Å². The van der Waals surface area contributed by atoms with Gasteiger partial charge in [-0.3, -0.25) is 0 Å². The Hall–Kier alpha value is -1.88. The summed E-state index contributed by atoms with van der Waals surface area (Å²) in [7, 11) is 0. The van der Waals surface area contributed by atoms with Crippen LogP contribution in [0.15, 0.2) is 33.5 Å². The Labute approximate surface area is 153 Å². The van der Waals surface area contributed by atoms with Gasteiger partial charge < -0.3 is 15.1 Å². The highest BCUT2D eigenvalue weighted by atomic mass is 32.1.